The van der Waals surface area contributed by atoms with Crippen molar-refractivity contribution in [3.63, 3.8) is 0 Å². The van der Waals surface area contributed by atoms with Crippen LogP contribution in [0, 0.1) is 0 Å². The number of likely N-dealkylation sites (N-methyl/N-ethyl adjacent to an activating group) is 2. The first kappa shape index (κ1) is 12.6. The highest BCUT2D eigenvalue weighted by molar-refractivity contribution is 6.02. The molecule has 0 radical (unpaired) electrons. The molecule has 2 amide bonds. The highest BCUT2D eigenvalue weighted by atomic mass is 16.3. The van der Waals surface area contributed by atoms with Gasteiger partial charge in [0.25, 0.3) is 5.91 Å². The predicted molar refractivity (Wildman–Crippen MR) is 68.6 cm³/mol. The van der Waals surface area contributed by atoms with Crippen molar-refractivity contribution in [1.82, 2.24) is 0 Å². The van der Waals surface area contributed by atoms with Crippen molar-refractivity contribution in [2.45, 2.75) is 19.4 Å². The molecule has 1 N–H and O–H groups in total. The van der Waals surface area contributed by atoms with E-state index in [0.717, 1.165) is 11.3 Å². The predicted octanol–water partition coefficient (Wildman–Crippen LogP) is 0.549. The van der Waals surface area contributed by atoms with Gasteiger partial charge in [-0.25, -0.2) is 0 Å². The molecule has 1 atom stereocenters. The molecule has 1 aliphatic rings. The number of anilines is 2. The van der Waals surface area contributed by atoms with Crippen molar-refractivity contribution < 1.29 is 14.7 Å². The van der Waals surface area contributed by atoms with Crippen molar-refractivity contribution in [2.24, 2.45) is 0 Å². The van der Waals surface area contributed by atoms with Gasteiger partial charge in [0.15, 0.2) is 0 Å². The maximum atomic E-state index is 11.7. The van der Waals surface area contributed by atoms with E-state index >= 15 is 0 Å². The molecule has 0 aliphatic carbocycles. The molecule has 0 saturated heterocycles. The molecule has 5 heteroatoms. The zero-order valence-electron chi connectivity index (χ0n) is 10.7. The zero-order chi connectivity index (χ0) is 13.4. The van der Waals surface area contributed by atoms with Crippen LogP contribution in [0.25, 0.3) is 0 Å². The van der Waals surface area contributed by atoms with Crippen LogP contribution < -0.4 is 9.80 Å². The number of aliphatic hydroxyl groups is 1. The summed E-state index contributed by atoms with van der Waals surface area (Å²) in [6, 6.07) is 5.41. The van der Waals surface area contributed by atoms with Crippen LogP contribution in [0.5, 0.6) is 0 Å². The normalized spacial score (nSPS) is 15.6. The van der Waals surface area contributed by atoms with E-state index in [-0.39, 0.29) is 11.8 Å². The van der Waals surface area contributed by atoms with Crippen LogP contribution in [0.3, 0.4) is 0 Å². The second kappa shape index (κ2) is 4.42. The van der Waals surface area contributed by atoms with Gasteiger partial charge in [0.2, 0.25) is 5.91 Å². The topological polar surface area (TPSA) is 60.9 Å². The Balaban J connectivity index is 2.31. The Bertz CT molecular complexity index is 511. The number of nitrogens with zero attached hydrogens (tertiary/aromatic N) is 2. The molecule has 1 aromatic carbocycles. The first-order valence-electron chi connectivity index (χ1n) is 5.77. The van der Waals surface area contributed by atoms with Crippen LogP contribution in [0.4, 0.5) is 11.4 Å². The first-order chi connectivity index (χ1) is 8.41. The second-order valence-corrected chi connectivity index (χ2v) is 4.52. The molecular formula is C13H16N2O3. The quantitative estimate of drug-likeness (QED) is 0.831. The van der Waals surface area contributed by atoms with Gasteiger partial charge in [0.1, 0.15) is 6.10 Å². The maximum Gasteiger partial charge on any atom is 0.255 e. The fraction of sp³-hybridized carbons (Fsp3) is 0.385. The Labute approximate surface area is 106 Å². The minimum absolute atomic E-state index is 0.0478. The summed E-state index contributed by atoms with van der Waals surface area (Å²) in [7, 11) is 3.34. The smallest absolute Gasteiger partial charge is 0.255 e. The molecular weight excluding hydrogens is 232 g/mol. The number of carbonyl (C=O) groups is 2. The molecule has 0 aromatic heterocycles. The summed E-state index contributed by atoms with van der Waals surface area (Å²) in [6.07, 6.45) is -0.677. The Hall–Kier alpha value is -1.88. The fourth-order valence-corrected chi connectivity index (χ4v) is 2.07. The number of hydrogen-bond acceptors (Lipinski definition) is 3. The average Bonchev–Trinajstić information content (AvgIpc) is 2.62. The monoisotopic (exact) mass is 248 g/mol. The molecule has 1 aromatic rings. The number of fused-ring (bicyclic) bond motifs is 1. The van der Waals surface area contributed by atoms with Gasteiger partial charge in [-0.15, -0.1) is 0 Å². The van der Waals surface area contributed by atoms with E-state index in [1.807, 2.05) is 12.1 Å². The standard InChI is InChI=1S/C13H16N2O3/c1-8(16)13(18)14(2)10-4-5-11-9(6-10)7-12(17)15(11)3/h4-6,8,16H,7H2,1-3H3. The van der Waals surface area contributed by atoms with E-state index in [1.54, 1.807) is 25.1 Å². The third-order valence-corrected chi connectivity index (χ3v) is 3.22. The van der Waals surface area contributed by atoms with E-state index in [4.69, 9.17) is 0 Å². The summed E-state index contributed by atoms with van der Waals surface area (Å²) in [5, 5.41) is 9.28. The molecule has 0 spiro atoms. The van der Waals surface area contributed by atoms with Crippen molar-refractivity contribution >= 4 is 23.2 Å². The minimum atomic E-state index is -1.03. The number of rotatable bonds is 2. The van der Waals surface area contributed by atoms with Gasteiger partial charge in [-0.3, -0.25) is 9.59 Å². The zero-order valence-corrected chi connectivity index (χ0v) is 10.7. The van der Waals surface area contributed by atoms with Gasteiger partial charge in [-0.1, -0.05) is 0 Å². The summed E-state index contributed by atoms with van der Waals surface area (Å²) in [4.78, 5) is 26.2. The maximum absolute atomic E-state index is 11.7. The van der Waals surface area contributed by atoms with Crippen molar-refractivity contribution in [1.29, 1.82) is 0 Å². The van der Waals surface area contributed by atoms with E-state index in [2.05, 4.69) is 0 Å². The lowest BCUT2D eigenvalue weighted by atomic mass is 10.1. The molecule has 0 fully saturated rings. The Kier molecular flexibility index (Phi) is 3.09. The lowest BCUT2D eigenvalue weighted by molar-refractivity contribution is -0.125. The van der Waals surface area contributed by atoms with Crippen molar-refractivity contribution in [3.05, 3.63) is 23.8 Å². The highest BCUT2D eigenvalue weighted by Gasteiger charge is 2.25. The van der Waals surface area contributed by atoms with Gasteiger partial charge in [-0.2, -0.15) is 0 Å². The van der Waals surface area contributed by atoms with Crippen LogP contribution >= 0.6 is 0 Å². The van der Waals surface area contributed by atoms with Crippen molar-refractivity contribution in [3.8, 4) is 0 Å². The molecule has 18 heavy (non-hydrogen) atoms. The van der Waals surface area contributed by atoms with Gasteiger partial charge >= 0.3 is 0 Å². The molecule has 5 nitrogen and oxygen atoms in total. The van der Waals surface area contributed by atoms with E-state index in [0.29, 0.717) is 12.1 Å². The van der Waals surface area contributed by atoms with Gasteiger partial charge in [0, 0.05) is 25.5 Å². The largest absolute Gasteiger partial charge is 0.384 e. The Morgan fingerprint density at radius 1 is 1.50 bits per heavy atom. The lowest BCUT2D eigenvalue weighted by Crippen LogP contribution is -2.34. The first-order valence-corrected chi connectivity index (χ1v) is 5.77. The number of hydrogen-bond donors (Lipinski definition) is 1. The number of carbonyl (C=O) groups excluding carboxylic acids is 2. The number of aliphatic hydroxyl groups excluding tert-OH is 1. The number of amides is 2. The van der Waals surface area contributed by atoms with Gasteiger partial charge < -0.3 is 14.9 Å². The van der Waals surface area contributed by atoms with E-state index in [9.17, 15) is 14.7 Å². The van der Waals surface area contributed by atoms with Crippen LogP contribution in [0.1, 0.15) is 12.5 Å². The number of benzene rings is 1. The Morgan fingerprint density at radius 3 is 2.78 bits per heavy atom. The summed E-state index contributed by atoms with van der Waals surface area (Å²) < 4.78 is 0. The summed E-state index contributed by atoms with van der Waals surface area (Å²) >= 11 is 0. The molecule has 0 bridgehead atoms. The van der Waals surface area contributed by atoms with Crippen LogP contribution in [0.2, 0.25) is 0 Å². The Morgan fingerprint density at radius 2 is 2.17 bits per heavy atom. The molecule has 1 heterocycles. The lowest BCUT2D eigenvalue weighted by Gasteiger charge is -2.20. The molecule has 1 unspecified atom stereocenters. The molecule has 2 rings (SSSR count). The second-order valence-electron chi connectivity index (χ2n) is 4.52. The minimum Gasteiger partial charge on any atom is -0.384 e. The van der Waals surface area contributed by atoms with Crippen LogP contribution in [-0.2, 0) is 16.0 Å². The fourth-order valence-electron chi connectivity index (χ4n) is 2.07. The third-order valence-electron chi connectivity index (χ3n) is 3.22. The van der Waals surface area contributed by atoms with Gasteiger partial charge in [0.05, 0.1) is 6.42 Å². The van der Waals surface area contributed by atoms with Crippen LogP contribution in [-0.4, -0.2) is 37.1 Å². The summed E-state index contributed by atoms with van der Waals surface area (Å²) in [5.74, 6) is -0.320. The summed E-state index contributed by atoms with van der Waals surface area (Å²) in [6.45, 7) is 1.43. The van der Waals surface area contributed by atoms with Crippen LogP contribution in [0.15, 0.2) is 18.2 Å². The molecule has 96 valence electrons. The highest BCUT2D eigenvalue weighted by Crippen LogP contribution is 2.31. The summed E-state index contributed by atoms with van der Waals surface area (Å²) in [5.41, 5.74) is 2.47. The van der Waals surface area contributed by atoms with E-state index < -0.39 is 6.10 Å². The third kappa shape index (κ3) is 1.97. The average molecular weight is 248 g/mol. The van der Waals surface area contributed by atoms with E-state index in [1.165, 1.54) is 11.8 Å². The SMILES string of the molecule is CC(O)C(=O)N(C)c1ccc2c(c1)CC(=O)N2C. The van der Waals surface area contributed by atoms with Gasteiger partial charge in [-0.05, 0) is 30.7 Å². The molecule has 0 saturated carbocycles. The van der Waals surface area contributed by atoms with Crippen molar-refractivity contribution in [2.75, 3.05) is 23.9 Å². The molecule has 1 aliphatic heterocycles.